The number of aromatic nitrogens is 2. The van der Waals surface area contributed by atoms with E-state index in [4.69, 9.17) is 16.3 Å². The van der Waals surface area contributed by atoms with Crippen LogP contribution >= 0.6 is 11.6 Å². The van der Waals surface area contributed by atoms with E-state index in [0.717, 1.165) is 22.7 Å². The largest absolute Gasteiger partial charge is 0.497 e. The summed E-state index contributed by atoms with van der Waals surface area (Å²) in [5, 5.41) is 7.84. The summed E-state index contributed by atoms with van der Waals surface area (Å²) in [5.74, 6) is 0.587. The van der Waals surface area contributed by atoms with Crippen LogP contribution in [-0.4, -0.2) is 22.8 Å². The molecule has 5 nitrogen and oxygen atoms in total. The number of ether oxygens (including phenoxy) is 1. The van der Waals surface area contributed by atoms with E-state index >= 15 is 0 Å². The summed E-state index contributed by atoms with van der Waals surface area (Å²) in [6, 6.07) is 14.9. The average Bonchev–Trinajstić information content (AvgIpc) is 3.02. The maximum atomic E-state index is 12.5. The zero-order valence-electron chi connectivity index (χ0n) is 14.0. The molecule has 0 fully saturated rings. The molecule has 0 aliphatic heterocycles. The Morgan fingerprint density at radius 2 is 1.92 bits per heavy atom. The van der Waals surface area contributed by atoms with Gasteiger partial charge in [-0.15, -0.1) is 0 Å². The lowest BCUT2D eigenvalue weighted by molar-refractivity contribution is 0.0950. The quantitative estimate of drug-likeness (QED) is 0.758. The number of carbonyl (C=O) groups is 1. The van der Waals surface area contributed by atoms with Crippen LogP contribution in [0.4, 0.5) is 0 Å². The third-order valence-electron chi connectivity index (χ3n) is 3.97. The maximum Gasteiger partial charge on any atom is 0.255 e. The highest BCUT2D eigenvalue weighted by atomic mass is 35.5. The topological polar surface area (TPSA) is 56.2 Å². The first kappa shape index (κ1) is 17.0. The fraction of sp³-hybridized carbons (Fsp3) is 0.158. The summed E-state index contributed by atoms with van der Waals surface area (Å²) in [6.45, 7) is 2.23. The van der Waals surface area contributed by atoms with Crippen molar-refractivity contribution in [2.45, 2.75) is 13.5 Å². The van der Waals surface area contributed by atoms with Crippen LogP contribution < -0.4 is 10.1 Å². The Morgan fingerprint density at radius 1 is 1.20 bits per heavy atom. The number of benzene rings is 2. The zero-order chi connectivity index (χ0) is 17.8. The third-order valence-corrected chi connectivity index (χ3v) is 4.34. The molecule has 0 aliphatic carbocycles. The van der Waals surface area contributed by atoms with Crippen LogP contribution in [0, 0.1) is 6.92 Å². The van der Waals surface area contributed by atoms with E-state index in [2.05, 4.69) is 10.4 Å². The lowest BCUT2D eigenvalue weighted by Crippen LogP contribution is -2.23. The van der Waals surface area contributed by atoms with Gasteiger partial charge in [-0.1, -0.05) is 29.8 Å². The molecular weight excluding hydrogens is 338 g/mol. The molecule has 0 radical (unpaired) electrons. The van der Waals surface area contributed by atoms with E-state index < -0.39 is 0 Å². The second-order valence-electron chi connectivity index (χ2n) is 5.53. The molecule has 128 valence electrons. The van der Waals surface area contributed by atoms with Crippen molar-refractivity contribution in [1.29, 1.82) is 0 Å². The molecule has 2 aromatic carbocycles. The normalized spacial score (nSPS) is 10.5. The van der Waals surface area contributed by atoms with Crippen molar-refractivity contribution in [1.82, 2.24) is 15.1 Å². The van der Waals surface area contributed by atoms with Gasteiger partial charge < -0.3 is 10.1 Å². The van der Waals surface area contributed by atoms with Crippen molar-refractivity contribution >= 4 is 17.5 Å². The molecular formula is C19H18ClN3O2. The second kappa shape index (κ2) is 7.40. The van der Waals surface area contributed by atoms with E-state index in [1.807, 2.05) is 49.4 Å². The number of nitrogens with one attached hydrogen (secondary N) is 1. The summed E-state index contributed by atoms with van der Waals surface area (Å²) in [5.41, 5.74) is 3.03. The molecule has 6 heteroatoms. The monoisotopic (exact) mass is 355 g/mol. The SMILES string of the molecule is COc1ccc(-n2ncc(C(=O)NCc3ccccc3Cl)c2C)cc1. The first-order chi connectivity index (χ1) is 12.1. The fourth-order valence-corrected chi connectivity index (χ4v) is 2.73. The lowest BCUT2D eigenvalue weighted by atomic mass is 10.2. The second-order valence-corrected chi connectivity index (χ2v) is 5.93. The van der Waals surface area contributed by atoms with E-state index in [1.54, 1.807) is 24.1 Å². The highest BCUT2D eigenvalue weighted by Gasteiger charge is 2.15. The van der Waals surface area contributed by atoms with Crippen LogP contribution in [-0.2, 0) is 6.54 Å². The number of methoxy groups -OCH3 is 1. The minimum absolute atomic E-state index is 0.183. The van der Waals surface area contributed by atoms with Gasteiger partial charge in [0, 0.05) is 11.6 Å². The van der Waals surface area contributed by atoms with E-state index in [0.29, 0.717) is 17.1 Å². The van der Waals surface area contributed by atoms with Gasteiger partial charge in [-0.25, -0.2) is 4.68 Å². The molecule has 0 aliphatic rings. The van der Waals surface area contributed by atoms with Crippen LogP contribution in [0.2, 0.25) is 5.02 Å². The Labute approximate surface area is 151 Å². The van der Waals surface area contributed by atoms with Crippen LogP contribution in [0.15, 0.2) is 54.7 Å². The molecule has 1 amide bonds. The Hall–Kier alpha value is -2.79. The average molecular weight is 356 g/mol. The van der Waals surface area contributed by atoms with Gasteiger partial charge in [0.1, 0.15) is 5.75 Å². The lowest BCUT2D eigenvalue weighted by Gasteiger charge is -2.08. The Balaban J connectivity index is 1.75. The van der Waals surface area contributed by atoms with E-state index in [9.17, 15) is 4.79 Å². The molecule has 0 saturated heterocycles. The number of halogens is 1. The van der Waals surface area contributed by atoms with Gasteiger partial charge in [0.05, 0.1) is 30.3 Å². The van der Waals surface area contributed by atoms with Crippen LogP contribution in [0.1, 0.15) is 21.6 Å². The summed E-state index contributed by atoms with van der Waals surface area (Å²) in [4.78, 5) is 12.5. The fourth-order valence-electron chi connectivity index (χ4n) is 2.53. The molecule has 0 saturated carbocycles. The molecule has 3 rings (SSSR count). The standard InChI is InChI=1S/C19H18ClN3O2/c1-13-17(19(24)21-11-14-5-3-4-6-18(14)20)12-22-23(13)15-7-9-16(25-2)10-8-15/h3-10,12H,11H2,1-2H3,(H,21,24). The summed E-state index contributed by atoms with van der Waals surface area (Å²) < 4.78 is 6.88. The van der Waals surface area contributed by atoms with Crippen molar-refractivity contribution < 1.29 is 9.53 Å². The highest BCUT2D eigenvalue weighted by Crippen LogP contribution is 2.18. The van der Waals surface area contributed by atoms with Crippen LogP contribution in [0.3, 0.4) is 0 Å². The summed E-state index contributed by atoms with van der Waals surface area (Å²) in [7, 11) is 1.62. The minimum atomic E-state index is -0.183. The predicted octanol–water partition coefficient (Wildman–Crippen LogP) is 3.77. The smallest absolute Gasteiger partial charge is 0.255 e. The maximum absolute atomic E-state index is 12.5. The molecule has 1 N–H and O–H groups in total. The van der Waals surface area contributed by atoms with Crippen molar-refractivity contribution in [3.63, 3.8) is 0 Å². The highest BCUT2D eigenvalue weighted by molar-refractivity contribution is 6.31. The van der Waals surface area contributed by atoms with Gasteiger partial charge in [-0.2, -0.15) is 5.10 Å². The van der Waals surface area contributed by atoms with Crippen molar-refractivity contribution in [3.8, 4) is 11.4 Å². The Kier molecular flexibility index (Phi) is 5.05. The first-order valence-corrected chi connectivity index (χ1v) is 8.18. The summed E-state index contributed by atoms with van der Waals surface area (Å²) in [6.07, 6.45) is 1.57. The van der Waals surface area contributed by atoms with Gasteiger partial charge in [0.25, 0.3) is 5.91 Å². The molecule has 0 atom stereocenters. The number of rotatable bonds is 5. The van der Waals surface area contributed by atoms with Gasteiger partial charge in [0.2, 0.25) is 0 Å². The molecule has 0 unspecified atom stereocenters. The summed E-state index contributed by atoms with van der Waals surface area (Å²) >= 11 is 6.12. The van der Waals surface area contributed by atoms with Crippen LogP contribution in [0.25, 0.3) is 5.69 Å². The van der Waals surface area contributed by atoms with Crippen molar-refractivity contribution in [2.24, 2.45) is 0 Å². The molecule has 1 heterocycles. The Bertz CT molecular complexity index is 888. The third kappa shape index (κ3) is 3.67. The van der Waals surface area contributed by atoms with Gasteiger partial charge in [0.15, 0.2) is 0 Å². The van der Waals surface area contributed by atoms with Crippen molar-refractivity contribution in [2.75, 3.05) is 7.11 Å². The molecule has 3 aromatic rings. The molecule has 0 spiro atoms. The van der Waals surface area contributed by atoms with Crippen molar-refractivity contribution in [3.05, 3.63) is 76.6 Å². The first-order valence-electron chi connectivity index (χ1n) is 7.81. The zero-order valence-corrected chi connectivity index (χ0v) is 14.7. The van der Waals surface area contributed by atoms with Gasteiger partial charge in [-0.05, 0) is 42.8 Å². The van der Waals surface area contributed by atoms with E-state index in [-0.39, 0.29) is 5.91 Å². The number of amides is 1. The van der Waals surface area contributed by atoms with Gasteiger partial charge >= 0.3 is 0 Å². The molecule has 1 aromatic heterocycles. The van der Waals surface area contributed by atoms with Gasteiger partial charge in [-0.3, -0.25) is 4.79 Å². The molecule has 0 bridgehead atoms. The number of hydrogen-bond donors (Lipinski definition) is 1. The number of hydrogen-bond acceptors (Lipinski definition) is 3. The number of nitrogens with zero attached hydrogens (tertiary/aromatic N) is 2. The molecule has 25 heavy (non-hydrogen) atoms. The minimum Gasteiger partial charge on any atom is -0.497 e. The predicted molar refractivity (Wildman–Crippen MR) is 97.5 cm³/mol. The number of carbonyl (C=O) groups excluding carboxylic acids is 1. The van der Waals surface area contributed by atoms with Crippen LogP contribution in [0.5, 0.6) is 5.75 Å². The van der Waals surface area contributed by atoms with E-state index in [1.165, 1.54) is 0 Å². The Morgan fingerprint density at radius 3 is 2.60 bits per heavy atom.